The van der Waals surface area contributed by atoms with Gasteiger partial charge in [-0.3, -0.25) is 0 Å². The van der Waals surface area contributed by atoms with Crippen LogP contribution in [0.25, 0.3) is 0 Å². The van der Waals surface area contributed by atoms with Crippen molar-refractivity contribution in [2.75, 3.05) is 29.5 Å². The molecule has 0 saturated carbocycles. The quantitative estimate of drug-likeness (QED) is 0.796. The van der Waals surface area contributed by atoms with Crippen molar-refractivity contribution in [3.8, 4) is 0 Å². The lowest BCUT2D eigenvalue weighted by molar-refractivity contribution is 0.422. The van der Waals surface area contributed by atoms with Gasteiger partial charge >= 0.3 is 0 Å². The van der Waals surface area contributed by atoms with Gasteiger partial charge in [-0.25, -0.2) is 4.98 Å². The molecule has 0 radical (unpaired) electrons. The van der Waals surface area contributed by atoms with Crippen molar-refractivity contribution in [3.05, 3.63) is 12.1 Å². The molecule has 0 spiro atoms. The Hall–Kier alpha value is -1.45. The van der Waals surface area contributed by atoms with Gasteiger partial charge < -0.3 is 16.4 Å². The molecule has 4 nitrogen and oxygen atoms in total. The molecule has 1 unspecified atom stereocenters. The molecule has 0 amide bonds. The lowest BCUT2D eigenvalue weighted by Gasteiger charge is -2.19. The van der Waals surface area contributed by atoms with Crippen LogP contribution in [0.5, 0.6) is 0 Å². The standard InChI is InChI=1S/C12H20N4/c1-8(2)9-5-6-16(7-9)11-4-3-10(13)12(14)15-11/h3-4,8-9H,5-7,13H2,1-2H3,(H2,14,15). The average Bonchev–Trinajstić information content (AvgIpc) is 2.71. The Kier molecular flexibility index (Phi) is 2.90. The van der Waals surface area contributed by atoms with Crippen LogP contribution in [0.4, 0.5) is 17.3 Å². The zero-order valence-corrected chi connectivity index (χ0v) is 9.98. The largest absolute Gasteiger partial charge is 0.396 e. The highest BCUT2D eigenvalue weighted by Crippen LogP contribution is 2.28. The zero-order chi connectivity index (χ0) is 11.7. The number of hydrogen-bond donors (Lipinski definition) is 2. The van der Waals surface area contributed by atoms with Crippen molar-refractivity contribution < 1.29 is 0 Å². The summed E-state index contributed by atoms with van der Waals surface area (Å²) in [7, 11) is 0. The maximum absolute atomic E-state index is 5.72. The Balaban J connectivity index is 2.11. The lowest BCUT2D eigenvalue weighted by atomic mass is 9.95. The number of hydrogen-bond acceptors (Lipinski definition) is 4. The number of pyridine rings is 1. The van der Waals surface area contributed by atoms with Crippen molar-refractivity contribution in [1.82, 2.24) is 4.98 Å². The van der Waals surface area contributed by atoms with Crippen molar-refractivity contribution in [2.45, 2.75) is 20.3 Å². The lowest BCUT2D eigenvalue weighted by Crippen LogP contribution is -2.22. The van der Waals surface area contributed by atoms with Crippen LogP contribution < -0.4 is 16.4 Å². The van der Waals surface area contributed by atoms with Crippen molar-refractivity contribution in [3.63, 3.8) is 0 Å². The number of nitrogens with zero attached hydrogens (tertiary/aromatic N) is 2. The highest BCUT2D eigenvalue weighted by atomic mass is 15.2. The molecule has 16 heavy (non-hydrogen) atoms. The van der Waals surface area contributed by atoms with Gasteiger partial charge in [0, 0.05) is 13.1 Å². The molecule has 0 aliphatic carbocycles. The van der Waals surface area contributed by atoms with Crippen LogP contribution in [0.3, 0.4) is 0 Å². The van der Waals surface area contributed by atoms with Crippen LogP contribution in [0.1, 0.15) is 20.3 Å². The van der Waals surface area contributed by atoms with E-state index < -0.39 is 0 Å². The molecule has 1 saturated heterocycles. The average molecular weight is 220 g/mol. The van der Waals surface area contributed by atoms with Crippen LogP contribution in [0.2, 0.25) is 0 Å². The molecule has 2 rings (SSSR count). The summed E-state index contributed by atoms with van der Waals surface area (Å²) in [6.45, 7) is 6.70. The van der Waals surface area contributed by atoms with Gasteiger partial charge in [0.1, 0.15) is 11.6 Å². The van der Waals surface area contributed by atoms with Gasteiger partial charge in [0.25, 0.3) is 0 Å². The summed E-state index contributed by atoms with van der Waals surface area (Å²) in [4.78, 5) is 6.62. The van der Waals surface area contributed by atoms with E-state index in [9.17, 15) is 0 Å². The minimum Gasteiger partial charge on any atom is -0.396 e. The number of anilines is 3. The maximum atomic E-state index is 5.72. The normalized spacial score (nSPS) is 20.7. The summed E-state index contributed by atoms with van der Waals surface area (Å²) >= 11 is 0. The van der Waals surface area contributed by atoms with E-state index in [1.165, 1.54) is 6.42 Å². The van der Waals surface area contributed by atoms with E-state index in [0.717, 1.165) is 30.7 Å². The van der Waals surface area contributed by atoms with E-state index in [-0.39, 0.29) is 0 Å². The SMILES string of the molecule is CC(C)C1CCN(c2ccc(N)c(N)n2)C1. The van der Waals surface area contributed by atoms with Gasteiger partial charge in [-0.05, 0) is 30.4 Å². The summed E-state index contributed by atoms with van der Waals surface area (Å²) in [5.41, 5.74) is 11.9. The number of nitrogens with two attached hydrogens (primary N) is 2. The molecular weight excluding hydrogens is 200 g/mol. The highest BCUT2D eigenvalue weighted by Gasteiger charge is 2.25. The first-order valence-electron chi connectivity index (χ1n) is 5.85. The number of nitrogen functional groups attached to an aromatic ring is 2. The third kappa shape index (κ3) is 2.05. The Labute approximate surface area is 96.6 Å². The predicted molar refractivity (Wildman–Crippen MR) is 68.2 cm³/mol. The summed E-state index contributed by atoms with van der Waals surface area (Å²) in [6.07, 6.45) is 1.24. The molecule has 4 heteroatoms. The molecule has 0 aromatic carbocycles. The number of aromatic nitrogens is 1. The second-order valence-electron chi connectivity index (χ2n) is 4.88. The smallest absolute Gasteiger partial charge is 0.149 e. The summed E-state index contributed by atoms with van der Waals surface area (Å²) in [6, 6.07) is 3.79. The van der Waals surface area contributed by atoms with Crippen LogP contribution in [0.15, 0.2) is 12.1 Å². The maximum Gasteiger partial charge on any atom is 0.149 e. The monoisotopic (exact) mass is 220 g/mol. The summed E-state index contributed by atoms with van der Waals surface area (Å²) < 4.78 is 0. The first kappa shape index (κ1) is 11.0. The molecule has 2 heterocycles. The molecular formula is C12H20N4. The summed E-state index contributed by atoms with van der Waals surface area (Å²) in [5.74, 6) is 2.89. The van der Waals surface area contributed by atoms with Gasteiger partial charge in [0.05, 0.1) is 5.69 Å². The van der Waals surface area contributed by atoms with Gasteiger partial charge in [0.2, 0.25) is 0 Å². The third-order valence-corrected chi connectivity index (χ3v) is 3.43. The molecule has 1 aliphatic heterocycles. The van der Waals surface area contributed by atoms with Gasteiger partial charge in [-0.2, -0.15) is 0 Å². The minimum atomic E-state index is 0.436. The minimum absolute atomic E-state index is 0.436. The Bertz CT molecular complexity index is 375. The van der Waals surface area contributed by atoms with E-state index in [4.69, 9.17) is 11.5 Å². The van der Waals surface area contributed by atoms with Crippen molar-refractivity contribution in [1.29, 1.82) is 0 Å². The van der Waals surface area contributed by atoms with E-state index in [0.29, 0.717) is 11.5 Å². The second-order valence-corrected chi connectivity index (χ2v) is 4.88. The van der Waals surface area contributed by atoms with Crippen LogP contribution >= 0.6 is 0 Å². The van der Waals surface area contributed by atoms with Gasteiger partial charge in [-0.15, -0.1) is 0 Å². The Morgan fingerprint density at radius 2 is 2.12 bits per heavy atom. The first-order chi connectivity index (χ1) is 7.58. The van der Waals surface area contributed by atoms with E-state index in [1.54, 1.807) is 0 Å². The molecule has 0 bridgehead atoms. The van der Waals surface area contributed by atoms with E-state index in [1.807, 2.05) is 12.1 Å². The highest BCUT2D eigenvalue weighted by molar-refractivity contribution is 5.62. The predicted octanol–water partition coefficient (Wildman–Crippen LogP) is 1.73. The second kappa shape index (κ2) is 4.20. The third-order valence-electron chi connectivity index (χ3n) is 3.43. The fourth-order valence-electron chi connectivity index (χ4n) is 2.19. The van der Waals surface area contributed by atoms with Crippen LogP contribution in [-0.4, -0.2) is 18.1 Å². The van der Waals surface area contributed by atoms with E-state index in [2.05, 4.69) is 23.7 Å². The Morgan fingerprint density at radius 1 is 1.38 bits per heavy atom. The van der Waals surface area contributed by atoms with E-state index >= 15 is 0 Å². The molecule has 1 atom stereocenters. The van der Waals surface area contributed by atoms with Crippen molar-refractivity contribution >= 4 is 17.3 Å². The number of rotatable bonds is 2. The molecule has 88 valence electrons. The first-order valence-corrected chi connectivity index (χ1v) is 5.85. The zero-order valence-electron chi connectivity index (χ0n) is 9.98. The fraction of sp³-hybridized carbons (Fsp3) is 0.583. The molecule has 1 aromatic heterocycles. The Morgan fingerprint density at radius 3 is 2.69 bits per heavy atom. The summed E-state index contributed by atoms with van der Waals surface area (Å²) in [5, 5.41) is 0. The topological polar surface area (TPSA) is 68.2 Å². The van der Waals surface area contributed by atoms with Crippen LogP contribution in [-0.2, 0) is 0 Å². The molecule has 4 N–H and O–H groups in total. The van der Waals surface area contributed by atoms with Gasteiger partial charge in [0.15, 0.2) is 0 Å². The molecule has 1 fully saturated rings. The van der Waals surface area contributed by atoms with Gasteiger partial charge in [-0.1, -0.05) is 13.8 Å². The molecule has 1 aliphatic rings. The fourth-order valence-corrected chi connectivity index (χ4v) is 2.19. The molecule has 1 aromatic rings. The van der Waals surface area contributed by atoms with Crippen LogP contribution in [0, 0.1) is 11.8 Å². The van der Waals surface area contributed by atoms with Crippen molar-refractivity contribution in [2.24, 2.45) is 11.8 Å².